The molecule has 0 atom stereocenters. The van der Waals surface area contributed by atoms with E-state index >= 15 is 0 Å². The van der Waals surface area contributed by atoms with Gasteiger partial charge in [0.25, 0.3) is 15.9 Å². The molecule has 0 fully saturated rings. The van der Waals surface area contributed by atoms with Crippen LogP contribution in [0.2, 0.25) is 0 Å². The van der Waals surface area contributed by atoms with Crippen LogP contribution in [-0.2, 0) is 16.6 Å². The van der Waals surface area contributed by atoms with E-state index in [1.54, 1.807) is 36.8 Å². The Kier molecular flexibility index (Phi) is 7.00. The van der Waals surface area contributed by atoms with Crippen molar-refractivity contribution in [3.8, 4) is 16.9 Å². The van der Waals surface area contributed by atoms with Gasteiger partial charge < -0.3 is 10.1 Å². The van der Waals surface area contributed by atoms with Crippen molar-refractivity contribution in [1.29, 1.82) is 0 Å². The highest BCUT2D eigenvalue weighted by atomic mass is 32.2. The zero-order valence-electron chi connectivity index (χ0n) is 18.8. The number of hydrogen-bond acceptors (Lipinski definition) is 5. The first-order chi connectivity index (χ1) is 16.4. The summed E-state index contributed by atoms with van der Waals surface area (Å²) in [5.74, 6) is 0.233. The van der Waals surface area contributed by atoms with E-state index in [1.165, 1.54) is 11.4 Å². The van der Waals surface area contributed by atoms with Crippen LogP contribution in [0.5, 0.6) is 5.75 Å². The van der Waals surface area contributed by atoms with Crippen LogP contribution in [0.4, 0.5) is 5.69 Å². The molecule has 0 spiro atoms. The van der Waals surface area contributed by atoms with Gasteiger partial charge in [-0.05, 0) is 35.4 Å². The van der Waals surface area contributed by atoms with Gasteiger partial charge in [0.05, 0.1) is 12.8 Å². The highest BCUT2D eigenvalue weighted by Crippen LogP contribution is 2.38. The van der Waals surface area contributed by atoms with Gasteiger partial charge in [-0.15, -0.1) is 11.3 Å². The number of sulfonamides is 1. The van der Waals surface area contributed by atoms with Crippen LogP contribution in [0.1, 0.15) is 15.2 Å². The fourth-order valence-corrected chi connectivity index (χ4v) is 6.41. The van der Waals surface area contributed by atoms with Crippen molar-refractivity contribution >= 4 is 33.0 Å². The zero-order chi connectivity index (χ0) is 24.1. The number of anilines is 1. The summed E-state index contributed by atoms with van der Waals surface area (Å²) in [6, 6.07) is 25.4. The van der Waals surface area contributed by atoms with Gasteiger partial charge in [-0.25, -0.2) is 8.42 Å². The largest absolute Gasteiger partial charge is 0.497 e. The average Bonchev–Trinajstić information content (AvgIpc) is 3.34. The monoisotopic (exact) mass is 492 g/mol. The minimum atomic E-state index is -4.03. The van der Waals surface area contributed by atoms with Gasteiger partial charge in [0.1, 0.15) is 15.5 Å². The zero-order valence-corrected chi connectivity index (χ0v) is 20.4. The number of hydrogen-bond donors (Lipinski definition) is 1. The summed E-state index contributed by atoms with van der Waals surface area (Å²) in [4.78, 5) is 13.4. The molecule has 0 saturated heterocycles. The maximum absolute atomic E-state index is 13.8. The molecule has 0 bridgehead atoms. The minimum Gasteiger partial charge on any atom is -0.497 e. The van der Waals surface area contributed by atoms with Crippen LogP contribution >= 0.6 is 11.3 Å². The number of nitrogens with one attached hydrogen (secondary N) is 1. The number of amides is 1. The molecule has 0 saturated carbocycles. The number of ether oxygens (including phenoxy) is 1. The third kappa shape index (κ3) is 4.83. The van der Waals surface area contributed by atoms with Gasteiger partial charge in [0, 0.05) is 24.5 Å². The standard InChI is InChI=1S/C26H24N2O4S2/c1-28(21-13-7-4-8-14-21)34(30,31)25-23(20-11-5-3-6-12-20)18-33-24(25)26(29)27-17-19-10-9-15-22(16-19)32-2/h3-16,18H,17H2,1-2H3,(H,27,29). The van der Waals surface area contributed by atoms with Gasteiger partial charge in [-0.2, -0.15) is 0 Å². The molecule has 0 aliphatic carbocycles. The van der Waals surface area contributed by atoms with Gasteiger partial charge in [-0.1, -0.05) is 60.7 Å². The Morgan fingerprint density at radius 1 is 0.971 bits per heavy atom. The number of carbonyl (C=O) groups is 1. The van der Waals surface area contributed by atoms with Gasteiger partial charge in [-0.3, -0.25) is 9.10 Å². The molecule has 34 heavy (non-hydrogen) atoms. The van der Waals surface area contributed by atoms with Crippen molar-refractivity contribution in [2.24, 2.45) is 0 Å². The summed E-state index contributed by atoms with van der Waals surface area (Å²) in [7, 11) is -0.961. The SMILES string of the molecule is COc1cccc(CNC(=O)c2scc(-c3ccccc3)c2S(=O)(=O)N(C)c2ccccc2)c1. The molecule has 4 aromatic rings. The Morgan fingerprint density at radius 2 is 1.65 bits per heavy atom. The lowest BCUT2D eigenvalue weighted by atomic mass is 10.1. The van der Waals surface area contributed by atoms with Gasteiger partial charge in [0.2, 0.25) is 0 Å². The molecule has 0 aliphatic rings. The van der Waals surface area contributed by atoms with E-state index in [-0.39, 0.29) is 16.3 Å². The van der Waals surface area contributed by atoms with Gasteiger partial charge in [0.15, 0.2) is 0 Å². The molecule has 1 N–H and O–H groups in total. The summed E-state index contributed by atoms with van der Waals surface area (Å²) >= 11 is 1.12. The topological polar surface area (TPSA) is 75.7 Å². The van der Waals surface area contributed by atoms with Crippen molar-refractivity contribution < 1.29 is 17.9 Å². The molecule has 0 unspecified atom stereocenters. The lowest BCUT2D eigenvalue weighted by Crippen LogP contribution is -2.30. The van der Waals surface area contributed by atoms with E-state index in [9.17, 15) is 13.2 Å². The lowest BCUT2D eigenvalue weighted by molar-refractivity contribution is 0.0952. The third-order valence-corrected chi connectivity index (χ3v) is 8.34. The number of nitrogens with zero attached hydrogens (tertiary/aromatic N) is 1. The Labute approximate surface area is 203 Å². The first kappa shape index (κ1) is 23.5. The molecular formula is C26H24N2O4S2. The summed E-state index contributed by atoms with van der Waals surface area (Å²) in [5, 5.41) is 4.58. The molecular weight excluding hydrogens is 468 g/mol. The van der Waals surface area contributed by atoms with E-state index in [4.69, 9.17) is 4.74 Å². The number of rotatable bonds is 8. The van der Waals surface area contributed by atoms with Crippen LogP contribution in [0.25, 0.3) is 11.1 Å². The number of benzene rings is 3. The van der Waals surface area contributed by atoms with Crippen LogP contribution in [-0.4, -0.2) is 28.5 Å². The van der Waals surface area contributed by atoms with E-state index < -0.39 is 15.9 Å². The van der Waals surface area contributed by atoms with E-state index in [1.807, 2.05) is 60.7 Å². The van der Waals surface area contributed by atoms with Crippen molar-refractivity contribution in [3.05, 3.63) is 101 Å². The Bertz CT molecular complexity index is 1380. The number of para-hydroxylation sites is 1. The average molecular weight is 493 g/mol. The van der Waals surface area contributed by atoms with Crippen molar-refractivity contribution in [1.82, 2.24) is 5.32 Å². The van der Waals surface area contributed by atoms with Crippen molar-refractivity contribution in [2.45, 2.75) is 11.4 Å². The second kappa shape index (κ2) is 10.1. The van der Waals surface area contributed by atoms with Crippen molar-refractivity contribution in [2.75, 3.05) is 18.5 Å². The summed E-state index contributed by atoms with van der Waals surface area (Å²) in [6.45, 7) is 0.239. The predicted molar refractivity (Wildman–Crippen MR) is 136 cm³/mol. The van der Waals surface area contributed by atoms with Crippen LogP contribution in [0, 0.1) is 0 Å². The molecule has 0 aliphatic heterocycles. The number of carbonyl (C=O) groups excluding carboxylic acids is 1. The fraction of sp³-hybridized carbons (Fsp3) is 0.115. The number of thiophene rings is 1. The molecule has 1 aromatic heterocycles. The third-order valence-electron chi connectivity index (χ3n) is 5.36. The molecule has 8 heteroatoms. The van der Waals surface area contributed by atoms with E-state index in [0.29, 0.717) is 17.0 Å². The maximum Gasteiger partial charge on any atom is 0.266 e. The highest BCUT2D eigenvalue weighted by Gasteiger charge is 2.32. The minimum absolute atomic E-state index is 0.00167. The quantitative estimate of drug-likeness (QED) is 0.368. The summed E-state index contributed by atoms with van der Waals surface area (Å²) < 4.78 is 34.1. The Balaban J connectivity index is 1.73. The lowest BCUT2D eigenvalue weighted by Gasteiger charge is -2.21. The first-order valence-corrected chi connectivity index (χ1v) is 12.9. The molecule has 174 valence electrons. The second-order valence-electron chi connectivity index (χ2n) is 7.52. The highest BCUT2D eigenvalue weighted by molar-refractivity contribution is 7.93. The fourth-order valence-electron chi connectivity index (χ4n) is 3.54. The number of methoxy groups -OCH3 is 1. The molecule has 0 radical (unpaired) electrons. The molecule has 1 amide bonds. The molecule has 3 aromatic carbocycles. The molecule has 4 rings (SSSR count). The molecule has 1 heterocycles. The van der Waals surface area contributed by atoms with Crippen molar-refractivity contribution in [3.63, 3.8) is 0 Å². The Hall–Kier alpha value is -3.62. The maximum atomic E-state index is 13.8. The smallest absolute Gasteiger partial charge is 0.266 e. The normalized spacial score (nSPS) is 11.1. The van der Waals surface area contributed by atoms with Crippen LogP contribution in [0.15, 0.2) is 95.2 Å². The van der Waals surface area contributed by atoms with Crippen LogP contribution in [0.3, 0.4) is 0 Å². The van der Waals surface area contributed by atoms with E-state index in [0.717, 1.165) is 22.5 Å². The summed E-state index contributed by atoms with van der Waals surface area (Å²) in [6.07, 6.45) is 0. The van der Waals surface area contributed by atoms with Gasteiger partial charge >= 0.3 is 0 Å². The first-order valence-electron chi connectivity index (χ1n) is 10.5. The molecule has 6 nitrogen and oxygen atoms in total. The second-order valence-corrected chi connectivity index (χ2v) is 10.3. The Morgan fingerprint density at radius 3 is 2.32 bits per heavy atom. The van der Waals surface area contributed by atoms with E-state index in [2.05, 4.69) is 5.32 Å². The predicted octanol–water partition coefficient (Wildman–Crippen LogP) is 5.18. The van der Waals surface area contributed by atoms with Crippen LogP contribution < -0.4 is 14.4 Å². The summed E-state index contributed by atoms with van der Waals surface area (Å²) in [5.41, 5.74) is 2.58.